The minimum Gasteiger partial charge on any atom is -0.399 e. The van der Waals surface area contributed by atoms with Crippen LogP contribution >= 0.6 is 0 Å². The molecule has 0 saturated carbocycles. The predicted octanol–water partition coefficient (Wildman–Crippen LogP) is 0.799. The molecule has 0 aliphatic carbocycles. The third-order valence-electron chi connectivity index (χ3n) is 2.99. The maximum Gasteiger partial charge on any atom is 0.243 e. The molecule has 2 rings (SSSR count). The smallest absolute Gasteiger partial charge is 0.243 e. The predicted molar refractivity (Wildman–Crippen MR) is 74.2 cm³/mol. The second-order valence-corrected chi connectivity index (χ2v) is 6.05. The van der Waals surface area contributed by atoms with Gasteiger partial charge >= 0.3 is 0 Å². The number of aliphatic hydroxyl groups is 1. The summed E-state index contributed by atoms with van der Waals surface area (Å²) in [6, 6.07) is 4.55. The Kier molecular flexibility index (Phi) is 3.79. The van der Waals surface area contributed by atoms with E-state index >= 15 is 0 Å². The Morgan fingerprint density at radius 1 is 1.47 bits per heavy atom. The molecule has 1 aromatic carbocycles. The number of hydrogen-bond donors (Lipinski definition) is 4. The average Bonchev–Trinajstić information content (AvgIpc) is 2.79. The highest BCUT2D eigenvalue weighted by Gasteiger charge is 2.22. The number of anilines is 1. The number of sulfonamides is 1. The number of hydrogen-bond acceptors (Lipinski definition) is 4. The van der Waals surface area contributed by atoms with Crippen LogP contribution in [0.5, 0.6) is 0 Å². The van der Waals surface area contributed by atoms with Crippen molar-refractivity contribution in [2.45, 2.75) is 24.3 Å². The molecular formula is C12H17N3O3S. The van der Waals surface area contributed by atoms with E-state index in [4.69, 9.17) is 10.8 Å². The van der Waals surface area contributed by atoms with Crippen LogP contribution in [-0.2, 0) is 10.0 Å². The van der Waals surface area contributed by atoms with E-state index in [0.717, 1.165) is 0 Å². The SMILES string of the molecule is CCC(CO)NS(=O)(=O)c1c[nH]c2ccc(N)cc12. The number of nitrogen functional groups attached to an aromatic ring is 1. The second-order valence-electron chi connectivity index (χ2n) is 4.37. The van der Waals surface area contributed by atoms with Crippen LogP contribution in [-0.4, -0.2) is 31.2 Å². The number of aromatic nitrogens is 1. The molecule has 5 N–H and O–H groups in total. The Hall–Kier alpha value is -1.57. The summed E-state index contributed by atoms with van der Waals surface area (Å²) in [6.07, 6.45) is 1.94. The maximum absolute atomic E-state index is 12.3. The standard InChI is InChI=1S/C12H17N3O3S/c1-2-9(7-16)15-19(17,18)12-6-14-11-4-3-8(13)5-10(11)12/h3-6,9,14-16H,2,7,13H2,1H3. The van der Waals surface area contributed by atoms with E-state index in [1.807, 2.05) is 0 Å². The van der Waals surface area contributed by atoms with E-state index in [1.54, 1.807) is 25.1 Å². The minimum absolute atomic E-state index is 0.140. The Morgan fingerprint density at radius 2 is 2.21 bits per heavy atom. The Balaban J connectivity index is 2.46. The normalized spacial score (nSPS) is 13.8. The van der Waals surface area contributed by atoms with Crippen LogP contribution in [0.15, 0.2) is 29.3 Å². The number of H-pyrrole nitrogens is 1. The molecule has 0 fully saturated rings. The molecule has 1 atom stereocenters. The summed E-state index contributed by atoms with van der Waals surface area (Å²) in [7, 11) is -3.68. The van der Waals surface area contributed by atoms with Gasteiger partial charge in [0.15, 0.2) is 0 Å². The molecule has 0 aliphatic heterocycles. The van der Waals surface area contributed by atoms with Crippen molar-refractivity contribution in [1.82, 2.24) is 9.71 Å². The molecule has 1 aromatic heterocycles. The average molecular weight is 283 g/mol. The lowest BCUT2D eigenvalue weighted by Crippen LogP contribution is -2.36. The number of nitrogens with two attached hydrogens (primary N) is 1. The van der Waals surface area contributed by atoms with Crippen LogP contribution in [0.25, 0.3) is 10.9 Å². The molecule has 0 aliphatic rings. The lowest BCUT2D eigenvalue weighted by atomic mass is 10.2. The largest absolute Gasteiger partial charge is 0.399 e. The topological polar surface area (TPSA) is 108 Å². The first-order chi connectivity index (χ1) is 8.97. The Labute approximate surface area is 111 Å². The van der Waals surface area contributed by atoms with Crippen molar-refractivity contribution in [3.05, 3.63) is 24.4 Å². The zero-order chi connectivity index (χ0) is 14.0. The molecule has 1 heterocycles. The third kappa shape index (κ3) is 2.73. The molecule has 6 nitrogen and oxygen atoms in total. The Bertz CT molecular complexity index is 675. The number of benzene rings is 1. The van der Waals surface area contributed by atoms with Crippen LogP contribution in [0.3, 0.4) is 0 Å². The Morgan fingerprint density at radius 3 is 2.84 bits per heavy atom. The van der Waals surface area contributed by atoms with Gasteiger partial charge in [-0.25, -0.2) is 13.1 Å². The molecule has 7 heteroatoms. The van der Waals surface area contributed by atoms with Gasteiger partial charge in [-0.15, -0.1) is 0 Å². The monoisotopic (exact) mass is 283 g/mol. The van der Waals surface area contributed by atoms with Gasteiger partial charge in [0.25, 0.3) is 0 Å². The van der Waals surface area contributed by atoms with Gasteiger partial charge < -0.3 is 15.8 Å². The number of nitrogens with one attached hydrogen (secondary N) is 2. The fourth-order valence-electron chi connectivity index (χ4n) is 1.87. The van der Waals surface area contributed by atoms with Crippen molar-refractivity contribution < 1.29 is 13.5 Å². The van der Waals surface area contributed by atoms with E-state index < -0.39 is 16.1 Å². The summed E-state index contributed by atoms with van der Waals surface area (Å²) < 4.78 is 27.0. The minimum atomic E-state index is -3.68. The first-order valence-electron chi connectivity index (χ1n) is 5.97. The summed E-state index contributed by atoms with van der Waals surface area (Å²) in [5.74, 6) is 0. The van der Waals surface area contributed by atoms with E-state index in [-0.39, 0.29) is 11.5 Å². The third-order valence-corrected chi connectivity index (χ3v) is 4.55. The maximum atomic E-state index is 12.3. The molecule has 0 spiro atoms. The first-order valence-corrected chi connectivity index (χ1v) is 7.46. The summed E-state index contributed by atoms with van der Waals surface area (Å²) in [4.78, 5) is 3.03. The molecular weight excluding hydrogens is 266 g/mol. The van der Waals surface area contributed by atoms with E-state index in [2.05, 4.69) is 9.71 Å². The number of aromatic amines is 1. The highest BCUT2D eigenvalue weighted by atomic mass is 32.2. The molecule has 19 heavy (non-hydrogen) atoms. The number of rotatable bonds is 5. The summed E-state index contributed by atoms with van der Waals surface area (Å²) >= 11 is 0. The zero-order valence-corrected chi connectivity index (χ0v) is 11.4. The van der Waals surface area contributed by atoms with Crippen LogP contribution in [0, 0.1) is 0 Å². The van der Waals surface area contributed by atoms with Gasteiger partial charge in [-0.1, -0.05) is 6.92 Å². The van der Waals surface area contributed by atoms with Gasteiger partial charge in [0.05, 0.1) is 6.61 Å². The van der Waals surface area contributed by atoms with Gasteiger partial charge in [0, 0.05) is 28.8 Å². The van der Waals surface area contributed by atoms with E-state index in [9.17, 15) is 8.42 Å². The van der Waals surface area contributed by atoms with Gasteiger partial charge in [-0.2, -0.15) is 0 Å². The summed E-state index contributed by atoms with van der Waals surface area (Å²) in [5.41, 5.74) is 6.88. The van der Waals surface area contributed by atoms with Crippen molar-refractivity contribution in [1.29, 1.82) is 0 Å². The van der Waals surface area contributed by atoms with E-state index in [0.29, 0.717) is 23.0 Å². The van der Waals surface area contributed by atoms with Crippen molar-refractivity contribution in [3.8, 4) is 0 Å². The number of aliphatic hydroxyl groups excluding tert-OH is 1. The first kappa shape index (κ1) is 13.9. The molecule has 104 valence electrons. The second kappa shape index (κ2) is 5.20. The van der Waals surface area contributed by atoms with Gasteiger partial charge in [-0.05, 0) is 24.6 Å². The van der Waals surface area contributed by atoms with Crippen LogP contribution < -0.4 is 10.5 Å². The van der Waals surface area contributed by atoms with Crippen LogP contribution in [0.2, 0.25) is 0 Å². The molecule has 1 unspecified atom stereocenters. The lowest BCUT2D eigenvalue weighted by molar-refractivity contribution is 0.254. The van der Waals surface area contributed by atoms with Gasteiger partial charge in [-0.3, -0.25) is 0 Å². The van der Waals surface area contributed by atoms with Crippen molar-refractivity contribution in [3.63, 3.8) is 0 Å². The number of fused-ring (bicyclic) bond motifs is 1. The zero-order valence-electron chi connectivity index (χ0n) is 10.6. The highest BCUT2D eigenvalue weighted by Crippen LogP contribution is 2.24. The summed E-state index contributed by atoms with van der Waals surface area (Å²) in [5, 5.41) is 9.63. The molecule has 2 aromatic rings. The molecule has 0 amide bonds. The fourth-order valence-corrected chi connectivity index (χ4v) is 3.35. The quantitative estimate of drug-likeness (QED) is 0.609. The molecule has 0 saturated heterocycles. The van der Waals surface area contributed by atoms with Gasteiger partial charge in [0.1, 0.15) is 4.90 Å². The van der Waals surface area contributed by atoms with Crippen LogP contribution in [0.4, 0.5) is 5.69 Å². The van der Waals surface area contributed by atoms with Crippen molar-refractivity contribution in [2.24, 2.45) is 0 Å². The lowest BCUT2D eigenvalue weighted by Gasteiger charge is -2.13. The van der Waals surface area contributed by atoms with Crippen molar-refractivity contribution in [2.75, 3.05) is 12.3 Å². The molecule has 0 bridgehead atoms. The van der Waals surface area contributed by atoms with E-state index in [1.165, 1.54) is 6.20 Å². The summed E-state index contributed by atoms with van der Waals surface area (Å²) in [6.45, 7) is 1.57. The van der Waals surface area contributed by atoms with Crippen LogP contribution in [0.1, 0.15) is 13.3 Å². The fraction of sp³-hybridized carbons (Fsp3) is 0.333. The highest BCUT2D eigenvalue weighted by molar-refractivity contribution is 7.89. The molecule has 0 radical (unpaired) electrons. The van der Waals surface area contributed by atoms with Crippen molar-refractivity contribution >= 4 is 26.6 Å². The van der Waals surface area contributed by atoms with Gasteiger partial charge in [0.2, 0.25) is 10.0 Å².